The van der Waals surface area contributed by atoms with Crippen LogP contribution in [0.15, 0.2) is 163 Å². The minimum absolute atomic E-state index is 0.164. The van der Waals surface area contributed by atoms with Crippen LogP contribution in [0.5, 0.6) is 0 Å². The second-order valence-electron chi connectivity index (χ2n) is 15.0. The molecule has 2 aliphatic carbocycles. The number of hydrogen-bond acceptors (Lipinski definition) is 2. The van der Waals surface area contributed by atoms with E-state index >= 15 is 0 Å². The lowest BCUT2D eigenvalue weighted by Crippen LogP contribution is -2.20. The molecule has 4 heterocycles. The van der Waals surface area contributed by atoms with E-state index in [-0.39, 0.29) is 10.8 Å². The quantitative estimate of drug-likeness (QED) is 0.176. The van der Waals surface area contributed by atoms with Gasteiger partial charge in [-0.3, -0.25) is 9.97 Å². The van der Waals surface area contributed by atoms with Crippen molar-refractivity contribution < 1.29 is 0 Å². The van der Waals surface area contributed by atoms with Crippen molar-refractivity contribution in [2.24, 2.45) is 0 Å². The first-order valence-corrected chi connectivity index (χ1v) is 18.3. The maximum Gasteiger partial charge on any atom is 0.0963 e. The highest BCUT2D eigenvalue weighted by atomic mass is 15.0. The molecule has 0 aliphatic heterocycles. The van der Waals surface area contributed by atoms with Crippen molar-refractivity contribution in [3.63, 3.8) is 0 Å². The maximum absolute atomic E-state index is 4.77. The summed E-state index contributed by atoms with van der Waals surface area (Å²) < 4.78 is 4.68. The Morgan fingerprint density at radius 2 is 1.10 bits per heavy atom. The lowest BCUT2D eigenvalue weighted by Gasteiger charge is -2.29. The fraction of sp³-hybridized carbons (Fsp3) is 0.167. The lowest BCUT2D eigenvalue weighted by atomic mass is 9.75. The Balaban J connectivity index is 0.976. The van der Waals surface area contributed by atoms with E-state index in [9.17, 15) is 0 Å². The Bertz CT molecular complexity index is 2600. The third-order valence-electron chi connectivity index (χ3n) is 11.4. The highest BCUT2D eigenvalue weighted by Crippen LogP contribution is 2.40. The van der Waals surface area contributed by atoms with E-state index < -0.39 is 0 Å². The summed E-state index contributed by atoms with van der Waals surface area (Å²) in [7, 11) is 0. The van der Waals surface area contributed by atoms with Crippen molar-refractivity contribution >= 4 is 39.0 Å². The van der Waals surface area contributed by atoms with Crippen molar-refractivity contribution in [1.82, 2.24) is 19.1 Å². The van der Waals surface area contributed by atoms with Crippen LogP contribution in [-0.2, 0) is 17.3 Å². The molecule has 0 saturated heterocycles. The van der Waals surface area contributed by atoms with Gasteiger partial charge in [0.25, 0.3) is 0 Å². The van der Waals surface area contributed by atoms with E-state index in [0.29, 0.717) is 0 Å². The van der Waals surface area contributed by atoms with Crippen molar-refractivity contribution in [2.75, 3.05) is 0 Å². The molecule has 0 radical (unpaired) electrons. The van der Waals surface area contributed by atoms with Crippen LogP contribution in [0.1, 0.15) is 56.5 Å². The number of rotatable bonds is 6. The van der Waals surface area contributed by atoms with Gasteiger partial charge in [-0.15, -0.1) is 0 Å². The molecule has 52 heavy (non-hydrogen) atoms. The van der Waals surface area contributed by atoms with E-state index in [1.54, 1.807) is 0 Å². The van der Waals surface area contributed by atoms with Gasteiger partial charge in [0.05, 0.1) is 33.3 Å². The normalized spacial score (nSPS) is 14.8. The molecule has 254 valence electrons. The second kappa shape index (κ2) is 12.3. The van der Waals surface area contributed by atoms with Gasteiger partial charge < -0.3 is 9.13 Å². The molecule has 0 bridgehead atoms. The first-order valence-electron chi connectivity index (χ1n) is 18.3. The Hall–Kier alpha value is -6.00. The largest absolute Gasteiger partial charge is 0.308 e. The molecule has 0 saturated carbocycles. The van der Waals surface area contributed by atoms with Gasteiger partial charge in [-0.25, -0.2) is 0 Å². The average Bonchev–Trinajstić information content (AvgIpc) is 3.37. The van der Waals surface area contributed by atoms with E-state index in [2.05, 4.69) is 170 Å². The smallest absolute Gasteiger partial charge is 0.0963 e. The zero-order valence-electron chi connectivity index (χ0n) is 30.2. The number of hydrogen-bond donors (Lipinski definition) is 0. The van der Waals surface area contributed by atoms with Crippen LogP contribution in [-0.4, -0.2) is 19.1 Å². The minimum atomic E-state index is -0.164. The van der Waals surface area contributed by atoms with Crippen LogP contribution in [0, 0.1) is 0 Å². The predicted molar refractivity (Wildman–Crippen MR) is 217 cm³/mol. The summed E-state index contributed by atoms with van der Waals surface area (Å²) in [5.41, 5.74) is 15.3. The van der Waals surface area contributed by atoms with Gasteiger partial charge in [0.1, 0.15) is 0 Å². The van der Waals surface area contributed by atoms with E-state index in [1.807, 2.05) is 24.5 Å². The number of benzene rings is 3. The topological polar surface area (TPSA) is 35.6 Å². The number of para-hydroxylation sites is 1. The monoisotopic (exact) mass is 674 g/mol. The Morgan fingerprint density at radius 3 is 1.75 bits per heavy atom. The first kappa shape index (κ1) is 31.9. The molecule has 0 fully saturated rings. The number of aromatic nitrogens is 4. The molecule has 4 nitrogen and oxygen atoms in total. The molecule has 4 aromatic heterocycles. The predicted octanol–water partition coefficient (Wildman–Crippen LogP) is 11.7. The highest BCUT2D eigenvalue weighted by molar-refractivity contribution is 6.06. The van der Waals surface area contributed by atoms with Crippen molar-refractivity contribution in [1.29, 1.82) is 0 Å². The number of fused-ring (bicyclic) bond motifs is 6. The minimum Gasteiger partial charge on any atom is -0.308 e. The van der Waals surface area contributed by atoms with Crippen LogP contribution >= 0.6 is 0 Å². The van der Waals surface area contributed by atoms with Crippen LogP contribution in [0.4, 0.5) is 0 Å². The standard InChI is InChI=1S/C48H42N4/c1-47(2,35-23-27-37(28-24-35)51-41-17-7-5-6-15-39(41)45-43(51)19-11-31-49-45)33-13-10-14-34(22-21-33)48(3,4)36-25-29-38(30-26-36)52-42-18-9-8-16-40(42)46-44(52)20-12-32-50-46/h5-9,11-14,16-32H,10,15H2,1-4H3. The third-order valence-corrected chi connectivity index (χ3v) is 11.4. The van der Waals surface area contributed by atoms with Crippen molar-refractivity contribution in [2.45, 2.75) is 51.4 Å². The molecule has 0 N–H and O–H groups in total. The van der Waals surface area contributed by atoms with E-state index in [0.717, 1.165) is 46.3 Å². The third kappa shape index (κ3) is 5.12. The first-order chi connectivity index (χ1) is 25.3. The summed E-state index contributed by atoms with van der Waals surface area (Å²) in [5.74, 6) is 0. The highest BCUT2D eigenvalue weighted by Gasteiger charge is 2.28. The SMILES string of the molecule is CC(C)(C1=CCC=C(C(C)(C)c2ccc(-n3c4ccccc4c4ncccc43)cc2)C=C1)c1ccc(-n2c3c(c4ncccc42)CC=CC=C3)cc1. The second-order valence-corrected chi connectivity index (χ2v) is 15.0. The van der Waals surface area contributed by atoms with E-state index in [1.165, 1.54) is 44.4 Å². The molecule has 7 aromatic rings. The molecule has 3 aromatic carbocycles. The maximum atomic E-state index is 4.77. The average molecular weight is 675 g/mol. The Kier molecular flexibility index (Phi) is 7.58. The molecule has 0 atom stereocenters. The van der Waals surface area contributed by atoms with Gasteiger partial charge in [0, 0.05) is 45.5 Å². The van der Waals surface area contributed by atoms with Gasteiger partial charge >= 0.3 is 0 Å². The molecule has 4 heteroatoms. The summed E-state index contributed by atoms with van der Waals surface area (Å²) in [4.78, 5) is 9.49. The van der Waals surface area contributed by atoms with Crippen LogP contribution in [0.3, 0.4) is 0 Å². The molecular formula is C48H42N4. The summed E-state index contributed by atoms with van der Waals surface area (Å²) in [6, 6.07) is 35.1. The summed E-state index contributed by atoms with van der Waals surface area (Å²) in [5, 5.41) is 1.18. The number of pyridine rings is 2. The van der Waals surface area contributed by atoms with Crippen molar-refractivity contribution in [3.8, 4) is 11.4 Å². The van der Waals surface area contributed by atoms with Gasteiger partial charge in [-0.1, -0.05) is 113 Å². The van der Waals surface area contributed by atoms with Crippen LogP contribution in [0.25, 0.3) is 50.4 Å². The van der Waals surface area contributed by atoms with Crippen LogP contribution in [0.2, 0.25) is 0 Å². The fourth-order valence-corrected chi connectivity index (χ4v) is 8.27. The zero-order valence-corrected chi connectivity index (χ0v) is 30.2. The van der Waals surface area contributed by atoms with Gasteiger partial charge in [0.15, 0.2) is 0 Å². The summed E-state index contributed by atoms with van der Waals surface area (Å²) in [6.45, 7) is 9.35. The zero-order chi connectivity index (χ0) is 35.5. The molecule has 0 spiro atoms. The molecular weight excluding hydrogens is 633 g/mol. The van der Waals surface area contributed by atoms with Gasteiger partial charge in [-0.05, 0) is 95.8 Å². The molecule has 0 unspecified atom stereocenters. The van der Waals surface area contributed by atoms with Gasteiger partial charge in [0.2, 0.25) is 0 Å². The fourth-order valence-electron chi connectivity index (χ4n) is 8.27. The van der Waals surface area contributed by atoms with Gasteiger partial charge in [-0.2, -0.15) is 0 Å². The Labute approximate surface area is 305 Å². The molecule has 0 amide bonds. The number of allylic oxidation sites excluding steroid dienone is 9. The summed E-state index contributed by atoms with van der Waals surface area (Å²) >= 11 is 0. The number of nitrogens with zero attached hydrogens (tertiary/aromatic N) is 4. The van der Waals surface area contributed by atoms with Crippen molar-refractivity contribution in [3.05, 3.63) is 186 Å². The van der Waals surface area contributed by atoms with Crippen LogP contribution < -0.4 is 0 Å². The van der Waals surface area contributed by atoms with E-state index in [4.69, 9.17) is 9.97 Å². The molecule has 9 rings (SSSR count). The molecule has 2 aliphatic rings. The lowest BCUT2D eigenvalue weighted by molar-refractivity contribution is 0.633. The Morgan fingerprint density at radius 1 is 0.538 bits per heavy atom. The summed E-state index contributed by atoms with van der Waals surface area (Å²) in [6.07, 6.45) is 23.7.